The van der Waals surface area contributed by atoms with E-state index in [2.05, 4.69) is 59.6 Å². The van der Waals surface area contributed by atoms with Gasteiger partial charge in [0.05, 0.1) is 0 Å². The number of aromatic nitrogens is 1. The number of hydrogen-bond donors (Lipinski definition) is 0. The molecule has 1 heteroatoms. The average Bonchev–Trinajstić information content (AvgIpc) is 2.72. The highest BCUT2D eigenvalue weighted by molar-refractivity contribution is 5.78. The summed E-state index contributed by atoms with van der Waals surface area (Å²) in [5.41, 5.74) is 13.1. The summed E-state index contributed by atoms with van der Waals surface area (Å²) in [6.45, 7) is 2.04. The molecule has 2 aliphatic carbocycles. The smallest absolute Gasteiger partial charge is 0.0372 e. The molecule has 27 heavy (non-hydrogen) atoms. The van der Waals surface area contributed by atoms with Crippen molar-refractivity contribution in [3.05, 3.63) is 93.8 Å². The molecule has 0 aliphatic heterocycles. The van der Waals surface area contributed by atoms with E-state index in [1.807, 2.05) is 13.1 Å². The molecule has 0 atom stereocenters. The molecule has 0 fully saturated rings. The zero-order chi connectivity index (χ0) is 18.2. The molecular weight excluding hydrogens is 326 g/mol. The van der Waals surface area contributed by atoms with E-state index >= 15 is 0 Å². The number of aryl methyl sites for hydroxylation is 3. The van der Waals surface area contributed by atoms with Gasteiger partial charge in [-0.05, 0) is 96.0 Å². The zero-order valence-electron chi connectivity index (χ0n) is 16.0. The summed E-state index contributed by atoms with van der Waals surface area (Å²) in [6.07, 6.45) is 13.5. The summed E-state index contributed by atoms with van der Waals surface area (Å²) in [5.74, 6) is 0. The van der Waals surface area contributed by atoms with Crippen molar-refractivity contribution in [3.8, 4) is 11.1 Å². The van der Waals surface area contributed by atoms with Gasteiger partial charge in [0, 0.05) is 11.9 Å². The highest BCUT2D eigenvalue weighted by Gasteiger charge is 2.22. The lowest BCUT2D eigenvalue weighted by Crippen LogP contribution is -2.12. The van der Waals surface area contributed by atoms with Gasteiger partial charge in [-0.1, -0.05) is 48.6 Å². The first kappa shape index (κ1) is 16.5. The third kappa shape index (κ3) is 3.02. The number of pyridine rings is 1. The van der Waals surface area contributed by atoms with Crippen molar-refractivity contribution in [2.75, 3.05) is 0 Å². The standard InChI is InChI=1S/C26H25N/c1-18-9-10-19(17-27-18)11-12-21-6-4-8-24-23(21)15-16-25-22-7-3-2-5-20(22)13-14-26(24)25/h2,4-6,8-10,13-14,17H,3,7,11-12,15-16H2,1H3. The van der Waals surface area contributed by atoms with Crippen molar-refractivity contribution in [1.82, 2.24) is 4.98 Å². The SMILES string of the molecule is Cc1ccc(CCc2cccc3c2CCc2c-3ccc3c2CCC=C3)cn1. The Morgan fingerprint density at radius 3 is 2.59 bits per heavy atom. The van der Waals surface area contributed by atoms with Crippen LogP contribution in [0.25, 0.3) is 17.2 Å². The molecular formula is C26H25N. The summed E-state index contributed by atoms with van der Waals surface area (Å²) < 4.78 is 0. The van der Waals surface area contributed by atoms with E-state index < -0.39 is 0 Å². The average molecular weight is 351 g/mol. The summed E-state index contributed by atoms with van der Waals surface area (Å²) in [6, 6.07) is 15.9. The summed E-state index contributed by atoms with van der Waals surface area (Å²) >= 11 is 0. The maximum absolute atomic E-state index is 4.44. The van der Waals surface area contributed by atoms with Gasteiger partial charge in [-0.15, -0.1) is 0 Å². The van der Waals surface area contributed by atoms with Gasteiger partial charge in [-0.3, -0.25) is 4.98 Å². The van der Waals surface area contributed by atoms with Gasteiger partial charge in [-0.2, -0.15) is 0 Å². The second-order valence-electron chi connectivity index (χ2n) is 7.85. The Morgan fingerprint density at radius 1 is 0.815 bits per heavy atom. The third-order valence-corrected chi connectivity index (χ3v) is 6.17. The van der Waals surface area contributed by atoms with Crippen molar-refractivity contribution >= 4 is 6.08 Å². The molecule has 0 saturated carbocycles. The summed E-state index contributed by atoms with van der Waals surface area (Å²) in [7, 11) is 0. The second kappa shape index (κ2) is 6.81. The molecule has 3 aromatic rings. The van der Waals surface area contributed by atoms with Crippen LogP contribution in [-0.2, 0) is 32.1 Å². The number of nitrogens with zero attached hydrogens (tertiary/aromatic N) is 1. The first-order chi connectivity index (χ1) is 13.3. The van der Waals surface area contributed by atoms with E-state index in [4.69, 9.17) is 0 Å². The minimum atomic E-state index is 1.06. The van der Waals surface area contributed by atoms with Crippen molar-refractivity contribution in [1.29, 1.82) is 0 Å². The number of fused-ring (bicyclic) bond motifs is 5. The molecule has 0 spiro atoms. The van der Waals surface area contributed by atoms with E-state index in [1.54, 1.807) is 16.7 Å². The lowest BCUT2D eigenvalue weighted by atomic mass is 9.78. The maximum atomic E-state index is 4.44. The Kier molecular flexibility index (Phi) is 4.16. The predicted octanol–water partition coefficient (Wildman–Crippen LogP) is 5.90. The van der Waals surface area contributed by atoms with Crippen LogP contribution in [0.4, 0.5) is 0 Å². The highest BCUT2D eigenvalue weighted by Crippen LogP contribution is 2.39. The quantitative estimate of drug-likeness (QED) is 0.572. The molecule has 0 radical (unpaired) electrons. The maximum Gasteiger partial charge on any atom is 0.0372 e. The largest absolute Gasteiger partial charge is 0.261 e. The zero-order valence-corrected chi connectivity index (χ0v) is 16.0. The van der Waals surface area contributed by atoms with Gasteiger partial charge in [0.1, 0.15) is 0 Å². The van der Waals surface area contributed by atoms with Crippen LogP contribution in [-0.4, -0.2) is 4.98 Å². The van der Waals surface area contributed by atoms with Crippen LogP contribution < -0.4 is 0 Å². The minimum Gasteiger partial charge on any atom is -0.261 e. The van der Waals surface area contributed by atoms with E-state index in [0.717, 1.165) is 18.5 Å². The van der Waals surface area contributed by atoms with Crippen molar-refractivity contribution < 1.29 is 0 Å². The fourth-order valence-corrected chi connectivity index (χ4v) is 4.73. The Balaban J connectivity index is 1.49. The van der Waals surface area contributed by atoms with Crippen LogP contribution in [0, 0.1) is 6.92 Å². The van der Waals surface area contributed by atoms with Crippen LogP contribution in [0.15, 0.2) is 54.7 Å². The number of benzene rings is 2. The second-order valence-corrected chi connectivity index (χ2v) is 7.85. The normalized spacial score (nSPS) is 14.4. The Hall–Kier alpha value is -2.67. The molecule has 5 rings (SSSR count). The van der Waals surface area contributed by atoms with E-state index in [-0.39, 0.29) is 0 Å². The fraction of sp³-hybridized carbons (Fsp3) is 0.269. The monoisotopic (exact) mass is 351 g/mol. The van der Waals surface area contributed by atoms with Crippen LogP contribution in [0.3, 0.4) is 0 Å². The third-order valence-electron chi connectivity index (χ3n) is 6.17. The number of allylic oxidation sites excluding steroid dienone is 1. The Labute approximate surface area is 161 Å². The van der Waals surface area contributed by atoms with Crippen LogP contribution >= 0.6 is 0 Å². The molecule has 0 amide bonds. The molecule has 1 heterocycles. The van der Waals surface area contributed by atoms with Gasteiger partial charge in [-0.25, -0.2) is 0 Å². The van der Waals surface area contributed by atoms with Crippen molar-refractivity contribution in [3.63, 3.8) is 0 Å². The van der Waals surface area contributed by atoms with E-state index in [0.29, 0.717) is 0 Å². The van der Waals surface area contributed by atoms with Crippen molar-refractivity contribution in [2.24, 2.45) is 0 Å². The lowest BCUT2D eigenvalue weighted by molar-refractivity contribution is 0.858. The molecule has 2 aliphatic rings. The summed E-state index contributed by atoms with van der Waals surface area (Å²) in [4.78, 5) is 4.44. The molecule has 0 saturated heterocycles. The topological polar surface area (TPSA) is 12.9 Å². The first-order valence-corrected chi connectivity index (χ1v) is 10.1. The Morgan fingerprint density at radius 2 is 1.70 bits per heavy atom. The van der Waals surface area contributed by atoms with Gasteiger partial charge in [0.2, 0.25) is 0 Å². The van der Waals surface area contributed by atoms with Crippen molar-refractivity contribution in [2.45, 2.75) is 45.4 Å². The molecule has 0 bridgehead atoms. The first-order valence-electron chi connectivity index (χ1n) is 10.1. The van der Waals surface area contributed by atoms with E-state index in [1.165, 1.54) is 53.5 Å². The van der Waals surface area contributed by atoms with Crippen LogP contribution in [0.2, 0.25) is 0 Å². The highest BCUT2D eigenvalue weighted by atomic mass is 14.7. The van der Waals surface area contributed by atoms with Crippen LogP contribution in [0.5, 0.6) is 0 Å². The molecule has 0 unspecified atom stereocenters. The molecule has 134 valence electrons. The fourth-order valence-electron chi connectivity index (χ4n) is 4.73. The van der Waals surface area contributed by atoms with Gasteiger partial charge >= 0.3 is 0 Å². The minimum absolute atomic E-state index is 1.06. The number of hydrogen-bond acceptors (Lipinski definition) is 1. The molecule has 2 aromatic carbocycles. The van der Waals surface area contributed by atoms with E-state index in [9.17, 15) is 0 Å². The lowest BCUT2D eigenvalue weighted by Gasteiger charge is -2.27. The molecule has 0 N–H and O–H groups in total. The van der Waals surface area contributed by atoms with Gasteiger partial charge in [0.15, 0.2) is 0 Å². The van der Waals surface area contributed by atoms with Gasteiger partial charge in [0.25, 0.3) is 0 Å². The summed E-state index contributed by atoms with van der Waals surface area (Å²) in [5, 5.41) is 0. The Bertz CT molecular complexity index is 1020. The number of rotatable bonds is 3. The molecule has 1 aromatic heterocycles. The van der Waals surface area contributed by atoms with Gasteiger partial charge < -0.3 is 0 Å². The van der Waals surface area contributed by atoms with Crippen LogP contribution in [0.1, 0.15) is 45.5 Å². The molecule has 1 nitrogen and oxygen atoms in total. The predicted molar refractivity (Wildman–Crippen MR) is 113 cm³/mol.